The highest BCUT2D eigenvalue weighted by Gasteiger charge is 2.51. The van der Waals surface area contributed by atoms with Crippen molar-refractivity contribution in [3.63, 3.8) is 0 Å². The molecule has 0 aromatic rings. The van der Waals surface area contributed by atoms with Crippen LogP contribution < -0.4 is 0 Å². The van der Waals surface area contributed by atoms with Crippen molar-refractivity contribution in [3.05, 3.63) is 0 Å². The third kappa shape index (κ3) is 7.17. The van der Waals surface area contributed by atoms with Crippen molar-refractivity contribution >= 4 is 21.5 Å². The highest BCUT2D eigenvalue weighted by Crippen LogP contribution is 2.12. The maximum atomic E-state index is 5.20. The summed E-state index contributed by atoms with van der Waals surface area (Å²) in [6, 6.07) is 0. The van der Waals surface area contributed by atoms with Crippen molar-refractivity contribution < 1.29 is 32.8 Å². The minimum absolute atomic E-state index is 0. The fraction of sp³-hybridized carbons (Fsp3) is 1.00. The minimum atomic E-state index is -3.48. The predicted molar refractivity (Wildman–Crippen MR) is 53.5 cm³/mol. The van der Waals surface area contributed by atoms with Gasteiger partial charge in [-0.15, -0.1) is 12.4 Å². The normalized spacial score (nSPS) is 11.2. The topological polar surface area (TPSA) is 64.6 Å². The molecule has 7 nitrogen and oxygen atoms in total. The maximum Gasteiger partial charge on any atom is 0.764 e. The van der Waals surface area contributed by atoms with Crippen LogP contribution in [-0.2, 0) is 32.8 Å². The van der Waals surface area contributed by atoms with Crippen LogP contribution in [0.2, 0.25) is 0 Å². The molecule has 0 saturated heterocycles. The Bertz CT molecular complexity index is 122. The molecule has 0 aliphatic rings. The zero-order valence-electron chi connectivity index (χ0n) is 9.18. The second kappa shape index (κ2) is 10.7. The van der Waals surface area contributed by atoms with Crippen LogP contribution in [0.4, 0.5) is 0 Å². The quantitative estimate of drug-likeness (QED) is 0.350. The third-order valence-electron chi connectivity index (χ3n) is 1.04. The second-order valence-electron chi connectivity index (χ2n) is 2.10. The van der Waals surface area contributed by atoms with E-state index in [-0.39, 0.29) is 12.4 Å². The lowest BCUT2D eigenvalue weighted by molar-refractivity contribution is -0.370. The number of hydrogen-bond acceptors (Lipinski definition) is 7. The Hall–Kier alpha value is 0.227. The van der Waals surface area contributed by atoms with E-state index in [1.807, 2.05) is 6.92 Å². The number of hydrogen-bond donors (Lipinski definition) is 0. The van der Waals surface area contributed by atoms with Crippen LogP contribution in [0, 0.1) is 0 Å². The lowest BCUT2D eigenvalue weighted by Crippen LogP contribution is -2.48. The molecule has 0 heterocycles. The summed E-state index contributed by atoms with van der Waals surface area (Å²) in [5.41, 5.74) is 0. The van der Waals surface area contributed by atoms with Crippen molar-refractivity contribution in [2.75, 3.05) is 27.9 Å². The molecule has 15 heavy (non-hydrogen) atoms. The minimum Gasteiger partial charge on any atom is -0.347 e. The van der Waals surface area contributed by atoms with Gasteiger partial charge in [0.25, 0.3) is 0 Å². The highest BCUT2D eigenvalue weighted by molar-refractivity contribution is 6.52. The Labute approximate surface area is 96.2 Å². The van der Waals surface area contributed by atoms with Gasteiger partial charge in [0, 0.05) is 6.61 Å². The van der Waals surface area contributed by atoms with Crippen molar-refractivity contribution in [3.8, 4) is 0 Å². The summed E-state index contributed by atoms with van der Waals surface area (Å²) in [5.74, 6) is 0. The lowest BCUT2D eigenvalue weighted by atomic mass is 10.5. The van der Waals surface area contributed by atoms with Gasteiger partial charge in [0.05, 0.1) is 21.3 Å². The Morgan fingerprint density at radius 3 is 1.53 bits per heavy atom. The van der Waals surface area contributed by atoms with Gasteiger partial charge in [-0.1, -0.05) is 6.92 Å². The predicted octanol–water partition coefficient (Wildman–Crippen LogP) is 1.00. The fourth-order valence-corrected chi connectivity index (χ4v) is 1.94. The van der Waals surface area contributed by atoms with E-state index in [0.717, 1.165) is 6.42 Å². The Morgan fingerprint density at radius 2 is 1.27 bits per heavy atom. The van der Waals surface area contributed by atoms with E-state index in [4.69, 9.17) is 18.2 Å². The van der Waals surface area contributed by atoms with Crippen LogP contribution in [-0.4, -0.2) is 37.0 Å². The fourth-order valence-electron chi connectivity index (χ4n) is 0.647. The van der Waals surface area contributed by atoms with E-state index in [2.05, 4.69) is 14.7 Å². The molecule has 0 aliphatic carbocycles. The van der Waals surface area contributed by atoms with E-state index in [0.29, 0.717) is 6.61 Å². The molecule has 0 bridgehead atoms. The molecule has 0 aromatic carbocycles. The first-order chi connectivity index (χ1) is 6.74. The van der Waals surface area contributed by atoms with Gasteiger partial charge in [-0.25, -0.2) is 14.7 Å². The molecule has 0 rings (SSSR count). The molecular formula is C6H17ClO7Si. The van der Waals surface area contributed by atoms with E-state index in [1.165, 1.54) is 21.3 Å². The lowest BCUT2D eigenvalue weighted by Gasteiger charge is -2.21. The van der Waals surface area contributed by atoms with Gasteiger partial charge in [0.15, 0.2) is 0 Å². The Balaban J connectivity index is 0. The standard InChI is InChI=1S/C6H16O7Si.ClH/c1-5-6-10-14(11-7-2,12-8-3)13-9-4;/h5-6H2,1-4H3;1H. The van der Waals surface area contributed by atoms with E-state index in [9.17, 15) is 0 Å². The molecule has 0 saturated carbocycles. The van der Waals surface area contributed by atoms with Crippen molar-refractivity contribution in [2.24, 2.45) is 0 Å². The molecule has 94 valence electrons. The SMILES string of the molecule is CCCO[Si](OOC)(OOC)OOC.Cl. The molecule has 0 fully saturated rings. The monoisotopic (exact) mass is 264 g/mol. The summed E-state index contributed by atoms with van der Waals surface area (Å²) in [7, 11) is 0.419. The summed E-state index contributed by atoms with van der Waals surface area (Å²) < 4.78 is 19.4. The summed E-state index contributed by atoms with van der Waals surface area (Å²) in [4.78, 5) is 13.3. The van der Waals surface area contributed by atoms with Gasteiger partial charge in [-0.3, -0.25) is 0 Å². The molecular weight excluding hydrogens is 248 g/mol. The van der Waals surface area contributed by atoms with Crippen molar-refractivity contribution in [1.82, 2.24) is 0 Å². The molecule has 0 unspecified atom stereocenters. The average molecular weight is 265 g/mol. The van der Waals surface area contributed by atoms with Gasteiger partial charge in [0.1, 0.15) is 0 Å². The van der Waals surface area contributed by atoms with Gasteiger partial charge in [-0.2, -0.15) is 13.7 Å². The van der Waals surface area contributed by atoms with Gasteiger partial charge < -0.3 is 4.43 Å². The molecule has 0 amide bonds. The zero-order chi connectivity index (χ0) is 10.9. The van der Waals surface area contributed by atoms with Crippen LogP contribution in [0.15, 0.2) is 0 Å². The average Bonchev–Trinajstić information content (AvgIpc) is 2.16. The zero-order valence-corrected chi connectivity index (χ0v) is 11.0. The van der Waals surface area contributed by atoms with Crippen molar-refractivity contribution in [2.45, 2.75) is 13.3 Å². The summed E-state index contributed by atoms with van der Waals surface area (Å²) in [5, 5.41) is 0. The largest absolute Gasteiger partial charge is 0.764 e. The van der Waals surface area contributed by atoms with Gasteiger partial charge in [0.2, 0.25) is 0 Å². The number of rotatable bonds is 9. The smallest absolute Gasteiger partial charge is 0.347 e. The maximum absolute atomic E-state index is 5.20. The summed E-state index contributed by atoms with van der Waals surface area (Å²) >= 11 is 0. The molecule has 0 aromatic heterocycles. The molecule has 0 atom stereocenters. The van der Waals surface area contributed by atoms with E-state index in [1.54, 1.807) is 0 Å². The third-order valence-corrected chi connectivity index (χ3v) is 2.71. The van der Waals surface area contributed by atoms with Crippen LogP contribution in [0.5, 0.6) is 0 Å². The number of halogens is 1. The Kier molecular flexibility index (Phi) is 12.6. The Morgan fingerprint density at radius 1 is 0.867 bits per heavy atom. The van der Waals surface area contributed by atoms with Gasteiger partial charge in [-0.05, 0) is 6.42 Å². The molecule has 0 spiro atoms. The van der Waals surface area contributed by atoms with E-state index < -0.39 is 9.05 Å². The summed E-state index contributed by atoms with van der Waals surface area (Å²) in [6.45, 7) is 2.30. The first kappa shape index (κ1) is 17.6. The molecule has 0 radical (unpaired) electrons. The molecule has 9 heteroatoms. The van der Waals surface area contributed by atoms with Crippen LogP contribution >= 0.6 is 12.4 Å². The van der Waals surface area contributed by atoms with Crippen LogP contribution in [0.1, 0.15) is 13.3 Å². The van der Waals surface area contributed by atoms with Crippen LogP contribution in [0.3, 0.4) is 0 Å². The molecule has 0 N–H and O–H groups in total. The van der Waals surface area contributed by atoms with Crippen LogP contribution in [0.25, 0.3) is 0 Å². The second-order valence-corrected chi connectivity index (χ2v) is 3.89. The van der Waals surface area contributed by atoms with Crippen molar-refractivity contribution in [1.29, 1.82) is 0 Å². The first-order valence-corrected chi connectivity index (χ1v) is 5.67. The van der Waals surface area contributed by atoms with E-state index >= 15 is 0 Å². The highest BCUT2D eigenvalue weighted by atomic mass is 35.5. The first-order valence-electron chi connectivity index (χ1n) is 4.04. The molecule has 0 aliphatic heterocycles. The van der Waals surface area contributed by atoms with Gasteiger partial charge >= 0.3 is 9.05 Å². The summed E-state index contributed by atoms with van der Waals surface area (Å²) in [6.07, 6.45) is 0.766.